The number of benzene rings is 3. The molecule has 6 heteroatoms. The maximum Gasteiger partial charge on any atom is 0.251 e. The molecule has 0 unspecified atom stereocenters. The predicted molar refractivity (Wildman–Crippen MR) is 118 cm³/mol. The fourth-order valence-corrected chi connectivity index (χ4v) is 4.63. The van der Waals surface area contributed by atoms with Crippen LogP contribution in [0.1, 0.15) is 21.5 Å². The fourth-order valence-electron chi connectivity index (χ4n) is 3.47. The Bertz CT molecular complexity index is 1080. The van der Waals surface area contributed by atoms with Crippen molar-refractivity contribution in [2.24, 2.45) is 0 Å². The van der Waals surface area contributed by atoms with E-state index >= 15 is 0 Å². The van der Waals surface area contributed by atoms with E-state index in [9.17, 15) is 13.8 Å². The van der Waals surface area contributed by atoms with Gasteiger partial charge in [-0.1, -0.05) is 60.7 Å². The van der Waals surface area contributed by atoms with Crippen molar-refractivity contribution in [2.45, 2.75) is 17.9 Å². The molecule has 0 aromatic heterocycles. The Morgan fingerprint density at radius 3 is 2.30 bits per heavy atom. The van der Waals surface area contributed by atoms with Gasteiger partial charge < -0.3 is 10.2 Å². The van der Waals surface area contributed by atoms with E-state index in [0.29, 0.717) is 29.2 Å². The van der Waals surface area contributed by atoms with Gasteiger partial charge in [-0.2, -0.15) is 0 Å². The number of amides is 2. The van der Waals surface area contributed by atoms with Gasteiger partial charge in [0.1, 0.15) is 5.75 Å². The summed E-state index contributed by atoms with van der Waals surface area (Å²) in [6, 6.07) is 24.6. The fraction of sp³-hybridized carbons (Fsp3) is 0.167. The first-order valence-electron chi connectivity index (χ1n) is 9.80. The summed E-state index contributed by atoms with van der Waals surface area (Å²) < 4.78 is 12.5. The van der Waals surface area contributed by atoms with Gasteiger partial charge in [-0.25, -0.2) is 0 Å². The van der Waals surface area contributed by atoms with Crippen molar-refractivity contribution in [1.29, 1.82) is 0 Å². The highest BCUT2D eigenvalue weighted by atomic mass is 32.2. The van der Waals surface area contributed by atoms with Crippen LogP contribution in [0.15, 0.2) is 83.8 Å². The Morgan fingerprint density at radius 1 is 0.933 bits per heavy atom. The summed E-state index contributed by atoms with van der Waals surface area (Å²) in [6.45, 7) is 0.890. The molecule has 3 aromatic carbocycles. The molecular formula is C24H22N2O3S. The van der Waals surface area contributed by atoms with Gasteiger partial charge in [0.2, 0.25) is 5.91 Å². The minimum Gasteiger partial charge on any atom is -0.352 e. The number of carbonyl (C=O) groups is 2. The smallest absolute Gasteiger partial charge is 0.251 e. The van der Waals surface area contributed by atoms with Crippen LogP contribution in [-0.4, -0.2) is 28.3 Å². The highest BCUT2D eigenvalue weighted by molar-refractivity contribution is 7.86. The molecule has 0 fully saturated rings. The number of hydrogen-bond donors (Lipinski definition) is 1. The van der Waals surface area contributed by atoms with Crippen LogP contribution in [0.4, 0.5) is 5.69 Å². The molecule has 152 valence electrons. The number of anilines is 1. The molecule has 1 aliphatic heterocycles. The van der Waals surface area contributed by atoms with Gasteiger partial charge in [-0.3, -0.25) is 13.8 Å². The number of hydrogen-bond acceptors (Lipinski definition) is 3. The summed E-state index contributed by atoms with van der Waals surface area (Å²) in [5, 5.41) is 2.92. The minimum absolute atomic E-state index is 0.0392. The third kappa shape index (κ3) is 4.49. The second kappa shape index (κ2) is 9.05. The first-order valence-corrected chi connectivity index (χ1v) is 11.1. The minimum atomic E-state index is -1.40. The molecule has 0 saturated carbocycles. The third-order valence-corrected chi connectivity index (χ3v) is 6.38. The van der Waals surface area contributed by atoms with E-state index in [1.807, 2.05) is 60.7 Å². The maximum atomic E-state index is 12.7. The van der Waals surface area contributed by atoms with E-state index in [2.05, 4.69) is 5.32 Å². The number of rotatable bonds is 6. The quantitative estimate of drug-likeness (QED) is 0.668. The zero-order chi connectivity index (χ0) is 20.9. The molecule has 0 saturated heterocycles. The van der Waals surface area contributed by atoms with Gasteiger partial charge >= 0.3 is 0 Å². The lowest BCUT2D eigenvalue weighted by atomic mass is 10.1. The highest BCUT2D eigenvalue weighted by Crippen LogP contribution is 2.31. The molecule has 0 aliphatic carbocycles. The van der Waals surface area contributed by atoms with E-state index in [1.54, 1.807) is 23.1 Å². The van der Waals surface area contributed by atoms with E-state index < -0.39 is 10.8 Å². The van der Waals surface area contributed by atoms with Gasteiger partial charge in [-0.05, 0) is 35.7 Å². The van der Waals surface area contributed by atoms with Crippen molar-refractivity contribution in [3.63, 3.8) is 0 Å². The van der Waals surface area contributed by atoms with Crippen molar-refractivity contribution >= 4 is 28.3 Å². The van der Waals surface area contributed by atoms with Crippen LogP contribution in [0.25, 0.3) is 0 Å². The summed E-state index contributed by atoms with van der Waals surface area (Å²) in [4.78, 5) is 27.5. The standard InChI is InChI=1S/C24H22N2O3S/c27-23-17-30(29)22-12-11-20(24(28)25-14-13-18-7-3-1-4-8-18)15-21(22)26(23)16-19-9-5-2-6-10-19/h1-12,15H,13-14,16-17H2,(H,25,28)/t30-/m0/s1. The Balaban J connectivity index is 1.53. The molecule has 1 N–H and O–H groups in total. The van der Waals surface area contributed by atoms with Crippen molar-refractivity contribution in [2.75, 3.05) is 17.2 Å². The zero-order valence-corrected chi connectivity index (χ0v) is 17.2. The molecule has 0 radical (unpaired) electrons. The Kier molecular flexibility index (Phi) is 6.05. The Hall–Kier alpha value is -3.25. The van der Waals surface area contributed by atoms with Crippen molar-refractivity contribution in [3.8, 4) is 0 Å². The summed E-state index contributed by atoms with van der Waals surface area (Å²) in [7, 11) is -1.40. The predicted octanol–water partition coefficient (Wildman–Crippen LogP) is 3.31. The number of nitrogens with zero attached hydrogens (tertiary/aromatic N) is 1. The molecule has 1 aliphatic rings. The maximum absolute atomic E-state index is 12.7. The van der Waals surface area contributed by atoms with Crippen molar-refractivity contribution in [1.82, 2.24) is 5.32 Å². The number of carbonyl (C=O) groups excluding carboxylic acids is 2. The highest BCUT2D eigenvalue weighted by Gasteiger charge is 2.30. The average molecular weight is 419 g/mol. The molecule has 3 aromatic rings. The van der Waals surface area contributed by atoms with Crippen LogP contribution in [0, 0.1) is 0 Å². The molecule has 5 nitrogen and oxygen atoms in total. The number of nitrogens with one attached hydrogen (secondary N) is 1. The van der Waals surface area contributed by atoms with Crippen LogP contribution >= 0.6 is 0 Å². The van der Waals surface area contributed by atoms with Crippen LogP contribution in [-0.2, 0) is 28.6 Å². The first kappa shape index (κ1) is 20.0. The zero-order valence-electron chi connectivity index (χ0n) is 16.4. The normalized spacial score (nSPS) is 15.5. The second-order valence-electron chi connectivity index (χ2n) is 7.13. The van der Waals surface area contributed by atoms with E-state index in [-0.39, 0.29) is 17.6 Å². The van der Waals surface area contributed by atoms with Crippen LogP contribution in [0.5, 0.6) is 0 Å². The number of fused-ring (bicyclic) bond motifs is 1. The lowest BCUT2D eigenvalue weighted by molar-refractivity contribution is -0.116. The molecule has 0 spiro atoms. The third-order valence-electron chi connectivity index (χ3n) is 5.04. The molecule has 2 amide bonds. The lowest BCUT2D eigenvalue weighted by Gasteiger charge is -2.29. The van der Waals surface area contributed by atoms with E-state index in [1.165, 1.54) is 0 Å². The van der Waals surface area contributed by atoms with Gasteiger partial charge in [0.15, 0.2) is 0 Å². The van der Waals surface area contributed by atoms with Crippen molar-refractivity contribution in [3.05, 3.63) is 95.6 Å². The first-order chi connectivity index (χ1) is 14.6. The summed E-state index contributed by atoms with van der Waals surface area (Å²) in [5.41, 5.74) is 3.12. The van der Waals surface area contributed by atoms with E-state index in [4.69, 9.17) is 0 Å². The average Bonchev–Trinajstić information content (AvgIpc) is 2.77. The van der Waals surface area contributed by atoms with Crippen molar-refractivity contribution < 1.29 is 13.8 Å². The van der Waals surface area contributed by atoms with E-state index in [0.717, 1.165) is 17.5 Å². The Morgan fingerprint density at radius 2 is 1.60 bits per heavy atom. The van der Waals surface area contributed by atoms with Gasteiger partial charge in [0.25, 0.3) is 5.91 Å². The summed E-state index contributed by atoms with van der Waals surface area (Å²) in [5.74, 6) is -0.453. The second-order valence-corrected chi connectivity index (χ2v) is 8.55. The van der Waals surface area contributed by atoms with Crippen LogP contribution < -0.4 is 10.2 Å². The van der Waals surface area contributed by atoms with Crippen LogP contribution in [0.3, 0.4) is 0 Å². The monoisotopic (exact) mass is 418 g/mol. The molecule has 4 rings (SSSR count). The SMILES string of the molecule is O=C(NCCc1ccccc1)c1ccc2c(c1)N(Cc1ccccc1)C(=O)C[S@@]2=O. The largest absolute Gasteiger partial charge is 0.352 e. The van der Waals surface area contributed by atoms with Gasteiger partial charge in [-0.15, -0.1) is 0 Å². The topological polar surface area (TPSA) is 66.5 Å². The lowest BCUT2D eigenvalue weighted by Crippen LogP contribution is -2.38. The van der Waals surface area contributed by atoms with Gasteiger partial charge in [0.05, 0.1) is 27.9 Å². The van der Waals surface area contributed by atoms with Gasteiger partial charge in [0, 0.05) is 12.1 Å². The van der Waals surface area contributed by atoms with Crippen LogP contribution in [0.2, 0.25) is 0 Å². The molecular weight excluding hydrogens is 396 g/mol. The summed E-state index contributed by atoms with van der Waals surface area (Å²) >= 11 is 0. The molecule has 1 heterocycles. The molecule has 0 bridgehead atoms. The Labute approximate surface area is 178 Å². The summed E-state index contributed by atoms with van der Waals surface area (Å²) in [6.07, 6.45) is 0.736. The molecule has 1 atom stereocenters. The molecule has 30 heavy (non-hydrogen) atoms.